The number of fused-ring (bicyclic) bond motifs is 1. The quantitative estimate of drug-likeness (QED) is 0.710. The fourth-order valence-electron chi connectivity index (χ4n) is 2.28. The Morgan fingerprint density at radius 2 is 2.20 bits per heavy atom. The third kappa shape index (κ3) is 3.79. The molecule has 2 rings (SSSR count). The van der Waals surface area contributed by atoms with Crippen molar-refractivity contribution in [3.8, 4) is 0 Å². The predicted molar refractivity (Wildman–Crippen MR) is 79.8 cm³/mol. The van der Waals surface area contributed by atoms with Crippen LogP contribution in [0.15, 0.2) is 24.5 Å². The number of nitrogens with zero attached hydrogens (tertiary/aromatic N) is 2. The summed E-state index contributed by atoms with van der Waals surface area (Å²) in [4.78, 5) is 4.49. The fourth-order valence-corrected chi connectivity index (χ4v) is 2.28. The summed E-state index contributed by atoms with van der Waals surface area (Å²) in [5.74, 6) is 0. The maximum absolute atomic E-state index is 5.49. The number of methoxy groups -OCH3 is 1. The van der Waals surface area contributed by atoms with Crippen LogP contribution in [0.4, 0.5) is 0 Å². The molecule has 5 heteroatoms. The number of aryl methyl sites for hydroxylation is 1. The van der Waals surface area contributed by atoms with Crippen LogP contribution in [0.5, 0.6) is 0 Å². The van der Waals surface area contributed by atoms with E-state index >= 15 is 0 Å². The molecule has 0 atom stereocenters. The van der Waals surface area contributed by atoms with Crippen molar-refractivity contribution in [1.82, 2.24) is 14.9 Å². The average molecular weight is 277 g/mol. The summed E-state index contributed by atoms with van der Waals surface area (Å²) in [7, 11) is 3.65. The summed E-state index contributed by atoms with van der Waals surface area (Å²) in [6, 6.07) is 4.11. The van der Waals surface area contributed by atoms with Crippen molar-refractivity contribution in [3.05, 3.63) is 30.1 Å². The highest BCUT2D eigenvalue weighted by molar-refractivity contribution is 5.80. The van der Waals surface area contributed by atoms with Gasteiger partial charge in [-0.1, -0.05) is 0 Å². The van der Waals surface area contributed by atoms with Gasteiger partial charge in [0, 0.05) is 44.6 Å². The van der Waals surface area contributed by atoms with E-state index in [0.717, 1.165) is 31.8 Å². The van der Waals surface area contributed by atoms with E-state index in [9.17, 15) is 0 Å². The van der Waals surface area contributed by atoms with Crippen LogP contribution in [-0.2, 0) is 22.6 Å². The zero-order valence-electron chi connectivity index (χ0n) is 12.3. The Kier molecular flexibility index (Phi) is 5.98. The van der Waals surface area contributed by atoms with Crippen molar-refractivity contribution in [3.63, 3.8) is 0 Å². The first-order chi connectivity index (χ1) is 9.86. The van der Waals surface area contributed by atoms with Gasteiger partial charge in [0.2, 0.25) is 0 Å². The van der Waals surface area contributed by atoms with Crippen molar-refractivity contribution in [2.75, 3.05) is 34.0 Å². The highest BCUT2D eigenvalue weighted by Gasteiger charge is 2.08. The molecule has 0 aliphatic carbocycles. The first-order valence-electron chi connectivity index (χ1n) is 7.01. The monoisotopic (exact) mass is 277 g/mol. The van der Waals surface area contributed by atoms with Gasteiger partial charge in [-0.3, -0.25) is 0 Å². The summed E-state index contributed by atoms with van der Waals surface area (Å²) in [5.41, 5.74) is 2.34. The zero-order valence-corrected chi connectivity index (χ0v) is 12.3. The Morgan fingerprint density at radius 1 is 1.30 bits per heavy atom. The van der Waals surface area contributed by atoms with Crippen molar-refractivity contribution < 1.29 is 9.47 Å². The molecule has 0 unspecified atom stereocenters. The lowest BCUT2D eigenvalue weighted by Crippen LogP contribution is -2.06. The van der Waals surface area contributed by atoms with Crippen molar-refractivity contribution in [2.45, 2.75) is 19.5 Å². The van der Waals surface area contributed by atoms with Gasteiger partial charge in [0.05, 0.1) is 13.2 Å². The molecule has 0 radical (unpaired) electrons. The first-order valence-corrected chi connectivity index (χ1v) is 7.01. The normalized spacial score (nSPS) is 11.3. The Morgan fingerprint density at radius 3 is 3.00 bits per heavy atom. The molecule has 110 valence electrons. The van der Waals surface area contributed by atoms with Crippen molar-refractivity contribution in [2.24, 2.45) is 0 Å². The molecule has 0 saturated carbocycles. The van der Waals surface area contributed by atoms with E-state index in [-0.39, 0.29) is 0 Å². The SMILES string of the molecule is CNCc1cn(CCCOCCOC)c2ncccc12. The number of nitrogens with one attached hydrogen (secondary N) is 1. The smallest absolute Gasteiger partial charge is 0.140 e. The molecular formula is C15H23N3O2. The van der Waals surface area contributed by atoms with Crippen LogP contribution < -0.4 is 5.32 Å². The lowest BCUT2D eigenvalue weighted by Gasteiger charge is -2.05. The molecule has 0 saturated heterocycles. The molecule has 0 aromatic carbocycles. The van der Waals surface area contributed by atoms with Crippen molar-refractivity contribution >= 4 is 11.0 Å². The second-order valence-corrected chi connectivity index (χ2v) is 4.71. The maximum atomic E-state index is 5.49. The Labute approximate surface area is 119 Å². The molecular weight excluding hydrogens is 254 g/mol. The first kappa shape index (κ1) is 15.0. The van der Waals surface area contributed by atoms with E-state index < -0.39 is 0 Å². The minimum Gasteiger partial charge on any atom is -0.382 e. The van der Waals surface area contributed by atoms with Crippen LogP contribution in [0.2, 0.25) is 0 Å². The van der Waals surface area contributed by atoms with E-state index in [0.29, 0.717) is 13.2 Å². The number of rotatable bonds is 9. The van der Waals surface area contributed by atoms with Crippen LogP contribution in [0.3, 0.4) is 0 Å². The molecule has 0 aliphatic heterocycles. The molecule has 0 fully saturated rings. The average Bonchev–Trinajstić information content (AvgIpc) is 2.82. The third-order valence-electron chi connectivity index (χ3n) is 3.20. The lowest BCUT2D eigenvalue weighted by molar-refractivity contribution is 0.0681. The number of aromatic nitrogens is 2. The minimum absolute atomic E-state index is 0.653. The molecule has 0 bridgehead atoms. The zero-order chi connectivity index (χ0) is 14.2. The summed E-state index contributed by atoms with van der Waals surface area (Å²) in [5, 5.41) is 4.42. The standard InChI is InChI=1S/C15H23N3O2/c1-16-11-13-12-18(7-4-8-20-10-9-19-2)15-14(13)5-3-6-17-15/h3,5-6,12,16H,4,7-11H2,1-2H3. The largest absolute Gasteiger partial charge is 0.382 e. The van der Waals surface area contributed by atoms with Crippen LogP contribution in [-0.4, -0.2) is 43.5 Å². The van der Waals surface area contributed by atoms with Gasteiger partial charge in [0.25, 0.3) is 0 Å². The predicted octanol–water partition coefficient (Wildman–Crippen LogP) is 1.81. The third-order valence-corrected chi connectivity index (χ3v) is 3.20. The van der Waals surface area contributed by atoms with E-state index in [2.05, 4.69) is 27.1 Å². The van der Waals surface area contributed by atoms with Crippen LogP contribution in [0.25, 0.3) is 11.0 Å². The Bertz CT molecular complexity index is 525. The van der Waals surface area contributed by atoms with Crippen LogP contribution in [0.1, 0.15) is 12.0 Å². The Hall–Kier alpha value is -1.43. The number of ether oxygens (including phenoxy) is 2. The molecule has 0 aliphatic rings. The van der Waals surface area contributed by atoms with Crippen molar-refractivity contribution in [1.29, 1.82) is 0 Å². The van der Waals surface area contributed by atoms with Gasteiger partial charge in [0.1, 0.15) is 5.65 Å². The van der Waals surface area contributed by atoms with Gasteiger partial charge in [-0.15, -0.1) is 0 Å². The molecule has 2 heterocycles. The second kappa shape index (κ2) is 7.99. The second-order valence-electron chi connectivity index (χ2n) is 4.71. The topological polar surface area (TPSA) is 48.3 Å². The molecule has 5 nitrogen and oxygen atoms in total. The summed E-state index contributed by atoms with van der Waals surface area (Å²) in [6.07, 6.45) is 5.00. The van der Waals surface area contributed by atoms with Gasteiger partial charge >= 0.3 is 0 Å². The van der Waals surface area contributed by atoms with E-state index in [4.69, 9.17) is 9.47 Å². The van der Waals surface area contributed by atoms with Crippen LogP contribution >= 0.6 is 0 Å². The molecule has 2 aromatic heterocycles. The van der Waals surface area contributed by atoms with Gasteiger partial charge in [-0.25, -0.2) is 4.98 Å². The van der Waals surface area contributed by atoms with E-state index in [1.54, 1.807) is 7.11 Å². The molecule has 2 aromatic rings. The number of hydrogen-bond donors (Lipinski definition) is 1. The van der Waals surface area contributed by atoms with Gasteiger partial charge in [-0.2, -0.15) is 0 Å². The van der Waals surface area contributed by atoms with Crippen LogP contribution in [0, 0.1) is 0 Å². The minimum atomic E-state index is 0.653. The fraction of sp³-hybridized carbons (Fsp3) is 0.533. The van der Waals surface area contributed by atoms with Gasteiger partial charge in [0.15, 0.2) is 0 Å². The molecule has 20 heavy (non-hydrogen) atoms. The number of pyridine rings is 1. The summed E-state index contributed by atoms with van der Waals surface area (Å²) in [6.45, 7) is 3.84. The Balaban J connectivity index is 1.95. The highest BCUT2D eigenvalue weighted by atomic mass is 16.5. The van der Waals surface area contributed by atoms with E-state index in [1.807, 2.05) is 19.3 Å². The molecule has 0 spiro atoms. The lowest BCUT2D eigenvalue weighted by atomic mass is 10.2. The maximum Gasteiger partial charge on any atom is 0.140 e. The van der Waals surface area contributed by atoms with E-state index in [1.165, 1.54) is 10.9 Å². The highest BCUT2D eigenvalue weighted by Crippen LogP contribution is 2.19. The van der Waals surface area contributed by atoms with Gasteiger partial charge < -0.3 is 19.4 Å². The summed E-state index contributed by atoms with van der Waals surface area (Å²) < 4.78 is 12.6. The summed E-state index contributed by atoms with van der Waals surface area (Å²) >= 11 is 0. The van der Waals surface area contributed by atoms with Gasteiger partial charge in [-0.05, 0) is 31.2 Å². The molecule has 1 N–H and O–H groups in total. The molecule has 0 amide bonds. The number of hydrogen-bond acceptors (Lipinski definition) is 4.